The van der Waals surface area contributed by atoms with Gasteiger partial charge in [0, 0.05) is 29.9 Å². The van der Waals surface area contributed by atoms with Gasteiger partial charge >= 0.3 is 0 Å². The van der Waals surface area contributed by atoms with Crippen molar-refractivity contribution in [1.29, 1.82) is 0 Å². The molecule has 0 bridgehead atoms. The number of anilines is 1. The molecule has 34 heavy (non-hydrogen) atoms. The molecule has 0 unspecified atom stereocenters. The number of halogens is 1. The predicted molar refractivity (Wildman–Crippen MR) is 134 cm³/mol. The molecule has 1 aromatic heterocycles. The number of rotatable bonds is 8. The molecule has 0 saturated carbocycles. The summed E-state index contributed by atoms with van der Waals surface area (Å²) >= 11 is 0. The van der Waals surface area contributed by atoms with Gasteiger partial charge in [-0.1, -0.05) is 62.4 Å². The van der Waals surface area contributed by atoms with E-state index < -0.39 is 0 Å². The minimum absolute atomic E-state index is 0.000152. The van der Waals surface area contributed by atoms with Gasteiger partial charge in [-0.2, -0.15) is 0 Å². The summed E-state index contributed by atoms with van der Waals surface area (Å²) in [6, 6.07) is 25.3. The molecule has 4 rings (SSSR count). The molecule has 1 heterocycles. The number of nitrogens with zero attached hydrogens (tertiary/aromatic N) is 1. The summed E-state index contributed by atoms with van der Waals surface area (Å²) in [7, 11) is 0. The molecule has 0 fully saturated rings. The Balaban J connectivity index is 2.04. The molecule has 172 valence electrons. The summed E-state index contributed by atoms with van der Waals surface area (Å²) in [4.78, 5) is 25.2. The smallest absolute Gasteiger partial charge is 0.258 e. The minimum atomic E-state index is -0.331. The van der Waals surface area contributed by atoms with E-state index in [1.54, 1.807) is 12.1 Å². The molecule has 0 atom stereocenters. The maximum Gasteiger partial charge on any atom is 0.258 e. The van der Waals surface area contributed by atoms with Crippen molar-refractivity contribution >= 4 is 17.9 Å². The Morgan fingerprint density at radius 3 is 2.12 bits per heavy atom. The lowest BCUT2D eigenvalue weighted by Gasteiger charge is -2.16. The fraction of sp³-hybridized carbons (Fsp3) is 0.172. The molecular weight excluding hydrogens is 427 g/mol. The van der Waals surface area contributed by atoms with E-state index in [-0.39, 0.29) is 17.6 Å². The van der Waals surface area contributed by atoms with Crippen molar-refractivity contribution in [2.75, 3.05) is 5.32 Å². The van der Waals surface area contributed by atoms with E-state index in [4.69, 9.17) is 0 Å². The molecule has 0 aliphatic rings. The van der Waals surface area contributed by atoms with Crippen LogP contribution >= 0.6 is 0 Å². The highest BCUT2D eigenvalue weighted by Crippen LogP contribution is 2.42. The van der Waals surface area contributed by atoms with Gasteiger partial charge in [0.2, 0.25) is 0 Å². The second kappa shape index (κ2) is 10.3. The third kappa shape index (κ3) is 4.69. The minimum Gasteiger partial charge on any atom is -0.343 e. The lowest BCUT2D eigenvalue weighted by Crippen LogP contribution is -2.16. The Labute approximate surface area is 199 Å². The lowest BCUT2D eigenvalue weighted by molar-refractivity contribution is -0.108. The first kappa shape index (κ1) is 23.2. The maximum absolute atomic E-state index is 13.8. The monoisotopic (exact) mass is 454 g/mol. The van der Waals surface area contributed by atoms with Crippen molar-refractivity contribution in [3.05, 3.63) is 102 Å². The Bertz CT molecular complexity index is 1280. The van der Waals surface area contributed by atoms with Crippen molar-refractivity contribution in [2.45, 2.75) is 32.7 Å². The zero-order chi connectivity index (χ0) is 24.1. The van der Waals surface area contributed by atoms with Gasteiger partial charge in [-0.25, -0.2) is 4.39 Å². The number of hydrogen-bond donors (Lipinski definition) is 1. The van der Waals surface area contributed by atoms with Crippen LogP contribution in [0.25, 0.3) is 22.4 Å². The van der Waals surface area contributed by atoms with Gasteiger partial charge in [-0.15, -0.1) is 0 Å². The van der Waals surface area contributed by atoms with Gasteiger partial charge in [0.05, 0.1) is 11.3 Å². The summed E-state index contributed by atoms with van der Waals surface area (Å²) in [5, 5.41) is 3.04. The zero-order valence-corrected chi connectivity index (χ0v) is 19.3. The normalized spacial score (nSPS) is 10.9. The van der Waals surface area contributed by atoms with Crippen LogP contribution in [0.1, 0.15) is 42.2 Å². The fourth-order valence-electron chi connectivity index (χ4n) is 4.39. The molecular formula is C29H27FN2O2. The Hall–Kier alpha value is -3.99. The van der Waals surface area contributed by atoms with Crippen molar-refractivity contribution in [2.24, 2.45) is 0 Å². The zero-order valence-electron chi connectivity index (χ0n) is 19.3. The van der Waals surface area contributed by atoms with E-state index in [1.165, 1.54) is 12.1 Å². The Kier molecular flexibility index (Phi) is 7.02. The highest BCUT2D eigenvalue weighted by Gasteiger charge is 2.30. The van der Waals surface area contributed by atoms with E-state index in [0.717, 1.165) is 34.4 Å². The molecule has 1 amide bonds. The summed E-state index contributed by atoms with van der Waals surface area (Å²) in [6.45, 7) is 4.49. The first-order valence-electron chi connectivity index (χ1n) is 11.4. The first-order valence-corrected chi connectivity index (χ1v) is 11.4. The van der Waals surface area contributed by atoms with Gasteiger partial charge in [0.1, 0.15) is 12.1 Å². The molecule has 0 radical (unpaired) electrons. The van der Waals surface area contributed by atoms with Crippen LogP contribution in [0.5, 0.6) is 0 Å². The number of aromatic nitrogens is 1. The molecule has 4 aromatic rings. The molecule has 0 aliphatic heterocycles. The standard InChI is InChI=1S/C29H27FN2O2/c1-20(2)27-26(29(34)31-24-12-7-4-8-13-24)25(21-10-5-3-6-11-21)28(32(27)18-9-19-33)22-14-16-23(30)17-15-22/h3-8,10-17,19-20H,9,18H2,1-2H3,(H,31,34). The van der Waals surface area contributed by atoms with E-state index in [1.807, 2.05) is 74.5 Å². The molecule has 3 aromatic carbocycles. The first-order chi connectivity index (χ1) is 16.5. The van der Waals surface area contributed by atoms with Gasteiger partial charge < -0.3 is 14.7 Å². The van der Waals surface area contributed by atoms with Crippen LogP contribution in [0.2, 0.25) is 0 Å². The topological polar surface area (TPSA) is 51.1 Å². The summed E-state index contributed by atoms with van der Waals surface area (Å²) in [6.07, 6.45) is 1.18. The van der Waals surface area contributed by atoms with Gasteiger partial charge in [-0.05, 0) is 53.4 Å². The Morgan fingerprint density at radius 1 is 0.912 bits per heavy atom. The quantitative estimate of drug-likeness (QED) is 0.294. The average molecular weight is 455 g/mol. The van der Waals surface area contributed by atoms with Crippen molar-refractivity contribution in [3.63, 3.8) is 0 Å². The van der Waals surface area contributed by atoms with E-state index in [2.05, 4.69) is 9.88 Å². The highest BCUT2D eigenvalue weighted by atomic mass is 19.1. The Morgan fingerprint density at radius 2 is 1.53 bits per heavy atom. The fourth-order valence-corrected chi connectivity index (χ4v) is 4.39. The number of amides is 1. The average Bonchev–Trinajstić information content (AvgIpc) is 3.20. The number of hydrogen-bond acceptors (Lipinski definition) is 2. The molecule has 0 spiro atoms. The molecule has 0 aliphatic carbocycles. The number of para-hydroxylation sites is 1. The van der Waals surface area contributed by atoms with Crippen LogP contribution in [0.4, 0.5) is 10.1 Å². The van der Waals surface area contributed by atoms with Crippen molar-refractivity contribution < 1.29 is 14.0 Å². The van der Waals surface area contributed by atoms with Crippen LogP contribution in [0.15, 0.2) is 84.9 Å². The second-order valence-corrected chi connectivity index (χ2v) is 8.44. The number of carbonyl (C=O) groups excluding carboxylic acids is 2. The van der Waals surface area contributed by atoms with E-state index in [9.17, 15) is 14.0 Å². The van der Waals surface area contributed by atoms with Gasteiger partial charge in [0.25, 0.3) is 5.91 Å². The van der Waals surface area contributed by atoms with Gasteiger partial charge in [0.15, 0.2) is 0 Å². The second-order valence-electron chi connectivity index (χ2n) is 8.44. The largest absolute Gasteiger partial charge is 0.343 e. The maximum atomic E-state index is 13.8. The molecule has 4 nitrogen and oxygen atoms in total. The molecule has 1 N–H and O–H groups in total. The number of carbonyl (C=O) groups is 2. The third-order valence-corrected chi connectivity index (χ3v) is 5.76. The number of nitrogens with one attached hydrogen (secondary N) is 1. The van der Waals surface area contributed by atoms with Crippen LogP contribution in [0.3, 0.4) is 0 Å². The van der Waals surface area contributed by atoms with E-state index >= 15 is 0 Å². The highest BCUT2D eigenvalue weighted by molar-refractivity contribution is 6.12. The predicted octanol–water partition coefficient (Wildman–Crippen LogP) is 6.93. The summed E-state index contributed by atoms with van der Waals surface area (Å²) in [5.41, 5.74) is 5.35. The van der Waals surface area contributed by atoms with Crippen molar-refractivity contribution in [3.8, 4) is 22.4 Å². The van der Waals surface area contributed by atoms with E-state index in [0.29, 0.717) is 24.2 Å². The molecule has 5 heteroatoms. The SMILES string of the molecule is CC(C)c1c(C(=O)Nc2ccccc2)c(-c2ccccc2)c(-c2ccc(F)cc2)n1CCC=O. The van der Waals surface area contributed by atoms with Crippen LogP contribution in [0, 0.1) is 5.82 Å². The summed E-state index contributed by atoms with van der Waals surface area (Å²) < 4.78 is 15.8. The third-order valence-electron chi connectivity index (χ3n) is 5.76. The van der Waals surface area contributed by atoms with Crippen LogP contribution in [-0.2, 0) is 11.3 Å². The van der Waals surface area contributed by atoms with Gasteiger partial charge in [-0.3, -0.25) is 4.79 Å². The number of aldehydes is 1. The number of benzene rings is 3. The van der Waals surface area contributed by atoms with Crippen LogP contribution < -0.4 is 5.32 Å². The molecule has 0 saturated heterocycles. The lowest BCUT2D eigenvalue weighted by atomic mass is 9.94. The van der Waals surface area contributed by atoms with Crippen molar-refractivity contribution in [1.82, 2.24) is 4.57 Å². The summed E-state index contributed by atoms with van der Waals surface area (Å²) in [5.74, 6) is -0.552. The van der Waals surface area contributed by atoms with Crippen LogP contribution in [-0.4, -0.2) is 16.8 Å².